The summed E-state index contributed by atoms with van der Waals surface area (Å²) in [5.41, 5.74) is 4.04. The maximum Gasteiger partial charge on any atom is 0.248 e. The minimum atomic E-state index is -0.0925. The number of carbonyl (C=O) groups is 1. The van der Waals surface area contributed by atoms with E-state index in [0.717, 1.165) is 74.5 Å². The minimum Gasteiger partial charge on any atom is -0.383 e. The lowest BCUT2D eigenvalue weighted by Gasteiger charge is -2.27. The van der Waals surface area contributed by atoms with Crippen LogP contribution in [-0.4, -0.2) is 60.7 Å². The van der Waals surface area contributed by atoms with E-state index in [2.05, 4.69) is 37.6 Å². The summed E-state index contributed by atoms with van der Waals surface area (Å²) < 4.78 is 5.15. The van der Waals surface area contributed by atoms with Crippen molar-refractivity contribution in [3.8, 4) is 0 Å². The molecule has 2 N–H and O–H groups in total. The molecule has 4 rings (SSSR count). The normalized spacial score (nSPS) is 14.3. The van der Waals surface area contributed by atoms with Crippen molar-refractivity contribution in [3.63, 3.8) is 0 Å². The first-order valence-corrected chi connectivity index (χ1v) is 11.5. The first-order chi connectivity index (χ1) is 16.2. The zero-order valence-electron chi connectivity index (χ0n) is 19.1. The second kappa shape index (κ2) is 11.5. The number of nitrogens with zero attached hydrogens (tertiary/aromatic N) is 3. The van der Waals surface area contributed by atoms with Gasteiger partial charge in [-0.15, -0.1) is 0 Å². The summed E-state index contributed by atoms with van der Waals surface area (Å²) in [5, 5.41) is 7.31. The second-order valence-corrected chi connectivity index (χ2v) is 8.24. The lowest BCUT2D eigenvalue weighted by atomic mass is 10.0. The lowest BCUT2D eigenvalue weighted by molar-refractivity contribution is -0.112. The highest BCUT2D eigenvalue weighted by Gasteiger charge is 2.14. The topological polar surface area (TPSA) is 79.4 Å². The van der Waals surface area contributed by atoms with Gasteiger partial charge in [-0.1, -0.05) is 35.9 Å². The predicted molar refractivity (Wildman–Crippen MR) is 132 cm³/mol. The SMILES string of the molecule is COCCN1CCC(=CC(=O)Nc2ccc3ncnc(NCCc4ccccc4)c3c2)CC1. The van der Waals surface area contributed by atoms with Crippen LogP contribution >= 0.6 is 0 Å². The molecule has 0 bridgehead atoms. The largest absolute Gasteiger partial charge is 0.383 e. The van der Waals surface area contributed by atoms with Gasteiger partial charge in [0.05, 0.1) is 12.1 Å². The zero-order valence-corrected chi connectivity index (χ0v) is 19.1. The molecular weight excluding hydrogens is 414 g/mol. The smallest absolute Gasteiger partial charge is 0.248 e. The molecule has 33 heavy (non-hydrogen) atoms. The number of nitrogens with one attached hydrogen (secondary N) is 2. The van der Waals surface area contributed by atoms with E-state index in [1.807, 2.05) is 36.4 Å². The third-order valence-electron chi connectivity index (χ3n) is 5.90. The molecule has 1 aliphatic heterocycles. The fourth-order valence-electron chi connectivity index (χ4n) is 4.04. The van der Waals surface area contributed by atoms with Gasteiger partial charge < -0.3 is 20.3 Å². The molecule has 3 aromatic rings. The molecule has 1 saturated heterocycles. The highest BCUT2D eigenvalue weighted by molar-refractivity contribution is 6.02. The van der Waals surface area contributed by atoms with Crippen LogP contribution in [0, 0.1) is 0 Å². The van der Waals surface area contributed by atoms with E-state index in [1.165, 1.54) is 11.1 Å². The molecule has 0 atom stereocenters. The number of amides is 1. The van der Waals surface area contributed by atoms with Gasteiger partial charge in [-0.05, 0) is 43.0 Å². The third-order valence-corrected chi connectivity index (χ3v) is 5.90. The number of piperidine rings is 1. The number of benzene rings is 2. The lowest BCUT2D eigenvalue weighted by Crippen LogP contribution is -2.33. The summed E-state index contributed by atoms with van der Waals surface area (Å²) >= 11 is 0. The Balaban J connectivity index is 1.37. The van der Waals surface area contributed by atoms with Crippen molar-refractivity contribution in [2.45, 2.75) is 19.3 Å². The Labute approximate surface area is 194 Å². The Hall–Kier alpha value is -3.29. The van der Waals surface area contributed by atoms with Gasteiger partial charge in [0.2, 0.25) is 5.91 Å². The number of rotatable bonds is 9. The molecule has 7 heteroatoms. The Kier molecular flexibility index (Phi) is 8.00. The van der Waals surface area contributed by atoms with Crippen LogP contribution < -0.4 is 10.6 Å². The van der Waals surface area contributed by atoms with Crippen molar-refractivity contribution < 1.29 is 9.53 Å². The molecule has 1 fully saturated rings. The maximum atomic E-state index is 12.6. The monoisotopic (exact) mass is 445 g/mol. The van der Waals surface area contributed by atoms with Crippen LogP contribution in [0.2, 0.25) is 0 Å². The van der Waals surface area contributed by atoms with E-state index >= 15 is 0 Å². The van der Waals surface area contributed by atoms with Crippen molar-refractivity contribution in [3.05, 3.63) is 72.1 Å². The fourth-order valence-corrected chi connectivity index (χ4v) is 4.04. The van der Waals surface area contributed by atoms with E-state index in [0.29, 0.717) is 0 Å². The molecule has 2 heterocycles. The molecular formula is C26H31N5O2. The summed E-state index contributed by atoms with van der Waals surface area (Å²) in [6, 6.07) is 16.1. The van der Waals surface area contributed by atoms with Gasteiger partial charge in [0, 0.05) is 50.4 Å². The first-order valence-electron chi connectivity index (χ1n) is 11.5. The number of carbonyl (C=O) groups excluding carboxylic acids is 1. The summed E-state index contributed by atoms with van der Waals surface area (Å²) in [7, 11) is 1.72. The van der Waals surface area contributed by atoms with E-state index in [-0.39, 0.29) is 5.91 Å². The number of fused-ring (bicyclic) bond motifs is 1. The van der Waals surface area contributed by atoms with Crippen molar-refractivity contribution in [1.29, 1.82) is 0 Å². The highest BCUT2D eigenvalue weighted by Crippen LogP contribution is 2.23. The standard InChI is InChI=1S/C26H31N5O2/c1-33-16-15-31-13-10-21(11-14-31)17-25(32)30-22-7-8-24-23(18-22)26(29-19-28-24)27-12-9-20-5-3-2-4-6-20/h2-8,17-19H,9-16H2,1H3,(H,30,32)(H,27,28,29). The van der Waals surface area contributed by atoms with Crippen LogP contribution in [-0.2, 0) is 16.0 Å². The quantitative estimate of drug-likeness (QED) is 0.487. The number of hydrogen-bond acceptors (Lipinski definition) is 6. The van der Waals surface area contributed by atoms with Gasteiger partial charge in [0.1, 0.15) is 12.1 Å². The average molecular weight is 446 g/mol. The molecule has 172 valence electrons. The van der Waals surface area contributed by atoms with E-state index < -0.39 is 0 Å². The van der Waals surface area contributed by atoms with E-state index in [9.17, 15) is 4.79 Å². The van der Waals surface area contributed by atoms with Crippen LogP contribution in [0.3, 0.4) is 0 Å². The fraction of sp³-hybridized carbons (Fsp3) is 0.346. The van der Waals surface area contributed by atoms with E-state index in [1.54, 1.807) is 19.5 Å². The summed E-state index contributed by atoms with van der Waals surface area (Å²) in [6.07, 6.45) is 6.04. The maximum absolute atomic E-state index is 12.6. The summed E-state index contributed by atoms with van der Waals surface area (Å²) in [5.74, 6) is 0.680. The van der Waals surface area contributed by atoms with Crippen LogP contribution in [0.4, 0.5) is 11.5 Å². The van der Waals surface area contributed by atoms with Crippen LogP contribution in [0.5, 0.6) is 0 Å². The molecule has 0 radical (unpaired) electrons. The zero-order chi connectivity index (χ0) is 22.9. The van der Waals surface area contributed by atoms with Gasteiger partial charge in [0.25, 0.3) is 0 Å². The number of anilines is 2. The van der Waals surface area contributed by atoms with Gasteiger partial charge >= 0.3 is 0 Å². The number of ether oxygens (including phenoxy) is 1. The molecule has 1 aromatic heterocycles. The van der Waals surface area contributed by atoms with Gasteiger partial charge in [-0.3, -0.25) is 4.79 Å². The van der Waals surface area contributed by atoms with Crippen LogP contribution in [0.1, 0.15) is 18.4 Å². The van der Waals surface area contributed by atoms with Crippen molar-refractivity contribution in [2.75, 3.05) is 50.5 Å². The van der Waals surface area contributed by atoms with Crippen molar-refractivity contribution >= 4 is 28.3 Å². The van der Waals surface area contributed by atoms with Crippen molar-refractivity contribution in [1.82, 2.24) is 14.9 Å². The summed E-state index contributed by atoms with van der Waals surface area (Å²) in [6.45, 7) is 4.38. The molecule has 0 spiro atoms. The first kappa shape index (κ1) is 22.9. The van der Waals surface area contributed by atoms with Crippen LogP contribution in [0.15, 0.2) is 66.5 Å². The van der Waals surface area contributed by atoms with Gasteiger partial charge in [0.15, 0.2) is 0 Å². The second-order valence-electron chi connectivity index (χ2n) is 8.24. The Morgan fingerprint density at radius 2 is 1.94 bits per heavy atom. The molecule has 0 saturated carbocycles. The number of hydrogen-bond donors (Lipinski definition) is 2. The van der Waals surface area contributed by atoms with E-state index in [4.69, 9.17) is 4.74 Å². The van der Waals surface area contributed by atoms with Crippen molar-refractivity contribution in [2.24, 2.45) is 0 Å². The molecule has 1 aliphatic rings. The predicted octanol–water partition coefficient (Wildman–Crippen LogP) is 3.89. The molecule has 1 amide bonds. The highest BCUT2D eigenvalue weighted by atomic mass is 16.5. The number of methoxy groups -OCH3 is 1. The summed E-state index contributed by atoms with van der Waals surface area (Å²) in [4.78, 5) is 23.8. The molecule has 0 unspecified atom stereocenters. The Morgan fingerprint density at radius 3 is 2.73 bits per heavy atom. The molecule has 2 aromatic carbocycles. The third kappa shape index (κ3) is 6.60. The Bertz CT molecular complexity index is 1090. The molecule has 7 nitrogen and oxygen atoms in total. The molecule has 0 aliphatic carbocycles. The Morgan fingerprint density at radius 1 is 1.12 bits per heavy atom. The number of aromatic nitrogens is 2. The van der Waals surface area contributed by atoms with Gasteiger partial charge in [-0.2, -0.15) is 0 Å². The average Bonchev–Trinajstić information content (AvgIpc) is 2.84. The van der Waals surface area contributed by atoms with Crippen LogP contribution in [0.25, 0.3) is 10.9 Å². The number of likely N-dealkylation sites (tertiary alicyclic amines) is 1. The van der Waals surface area contributed by atoms with Gasteiger partial charge in [-0.25, -0.2) is 9.97 Å². The minimum absolute atomic E-state index is 0.0925.